The molecule has 0 bridgehead atoms. The third kappa shape index (κ3) is 14.8. The van der Waals surface area contributed by atoms with Crippen LogP contribution in [0.3, 0.4) is 0 Å². The summed E-state index contributed by atoms with van der Waals surface area (Å²) in [5, 5.41) is 10.7. The summed E-state index contributed by atoms with van der Waals surface area (Å²) in [5.74, 6) is -0.575. The van der Waals surface area contributed by atoms with Crippen LogP contribution in [0.1, 0.15) is 89.0 Å². The summed E-state index contributed by atoms with van der Waals surface area (Å²) in [6.45, 7) is 12.1. The van der Waals surface area contributed by atoms with Gasteiger partial charge >= 0.3 is 0 Å². The first-order valence-corrected chi connectivity index (χ1v) is 26.2. The molecule has 10 aromatic carbocycles. The minimum atomic E-state index is -0.288. The SMILES string of the molecule is C=[C-]C(=O)NCc1ccc(Cc2ccc(Cc3ccc(Cc4cc(-c5c(Cc6ccc(Cc7ccc(Cc8ccc(CNC(=O)[C-]=C)cc8)cc7)cc6)ccc6cc(C)ccc56)c5ccc(C)cc5c4)cc3)cc2)cc1.[W].[W]. The molecule has 78 heavy (non-hydrogen) atoms. The van der Waals surface area contributed by atoms with Gasteiger partial charge in [-0.3, -0.25) is 13.2 Å². The van der Waals surface area contributed by atoms with Crippen molar-refractivity contribution in [1.82, 2.24) is 10.6 Å². The molecular weight excluding hydrogens is 1290 g/mol. The molecule has 0 atom stereocenters. The molecule has 10 aromatic rings. The molecule has 6 heteroatoms. The molecule has 2 amide bonds. The smallest absolute Gasteiger partial charge is 0.0622 e. The van der Waals surface area contributed by atoms with Crippen LogP contribution in [-0.4, -0.2) is 11.8 Å². The molecule has 0 aromatic heterocycles. The Kier molecular flexibility index (Phi) is 19.4. The normalized spacial score (nSPS) is 10.8. The summed E-state index contributed by atoms with van der Waals surface area (Å²) in [4.78, 5) is 23.0. The van der Waals surface area contributed by atoms with Gasteiger partial charge in [-0.1, -0.05) is 217 Å². The second-order valence-electron chi connectivity index (χ2n) is 20.4. The van der Waals surface area contributed by atoms with E-state index in [0.29, 0.717) is 13.1 Å². The Hall–Kier alpha value is -7.48. The van der Waals surface area contributed by atoms with Crippen molar-refractivity contribution in [2.45, 2.75) is 65.5 Å². The number of rotatable bonds is 19. The molecule has 0 aliphatic carbocycles. The predicted molar refractivity (Wildman–Crippen MR) is 313 cm³/mol. The Bertz CT molecular complexity index is 3700. The summed E-state index contributed by atoms with van der Waals surface area (Å²) in [6.07, 6.45) is 9.80. The maximum atomic E-state index is 11.5. The van der Waals surface area contributed by atoms with E-state index in [9.17, 15) is 9.59 Å². The van der Waals surface area contributed by atoms with Gasteiger partial charge in [0.1, 0.15) is 0 Å². The van der Waals surface area contributed by atoms with Crippen LogP contribution in [-0.2, 0) is 103 Å². The van der Waals surface area contributed by atoms with E-state index < -0.39 is 0 Å². The molecule has 0 saturated carbocycles. The van der Waals surface area contributed by atoms with Crippen molar-refractivity contribution in [2.24, 2.45) is 0 Å². The van der Waals surface area contributed by atoms with Crippen LogP contribution in [0.25, 0.3) is 32.7 Å². The molecule has 386 valence electrons. The van der Waals surface area contributed by atoms with Crippen LogP contribution >= 0.6 is 0 Å². The number of carbonyl (C=O) groups is 2. The van der Waals surface area contributed by atoms with Crippen LogP contribution in [0.5, 0.6) is 0 Å². The first-order chi connectivity index (χ1) is 37.1. The largest absolute Gasteiger partial charge is 0.412 e. The minimum absolute atomic E-state index is 0. The van der Waals surface area contributed by atoms with Gasteiger partial charge in [-0.15, -0.1) is 0 Å². The Morgan fingerprint density at radius 3 is 1.04 bits per heavy atom. The van der Waals surface area contributed by atoms with Gasteiger partial charge in [0.05, 0.1) is 11.8 Å². The fourth-order valence-electron chi connectivity index (χ4n) is 10.4. The maximum Gasteiger partial charge on any atom is 0.0622 e. The van der Waals surface area contributed by atoms with Crippen LogP contribution in [0.2, 0.25) is 0 Å². The minimum Gasteiger partial charge on any atom is -0.412 e. The van der Waals surface area contributed by atoms with Crippen molar-refractivity contribution < 1.29 is 51.7 Å². The quantitative estimate of drug-likeness (QED) is 0.0626. The topological polar surface area (TPSA) is 58.2 Å². The van der Waals surface area contributed by atoms with Gasteiger partial charge in [-0.2, -0.15) is 0 Å². The summed E-state index contributed by atoms with van der Waals surface area (Å²) in [7, 11) is 0. The molecule has 0 aliphatic heterocycles. The Labute approximate surface area is 489 Å². The van der Waals surface area contributed by atoms with E-state index in [4.69, 9.17) is 0 Å². The third-order valence-corrected chi connectivity index (χ3v) is 14.5. The molecule has 2 N–H and O–H groups in total. The molecule has 10 rings (SSSR count). The Morgan fingerprint density at radius 1 is 0.346 bits per heavy atom. The molecular formula is C72H62N2O2W2-2. The van der Waals surface area contributed by atoms with E-state index in [1.54, 1.807) is 0 Å². The standard InChI is InChI=1S/C72H62N2O2.2W/c1-5-70(75)73-47-61-29-25-57(26-30-61)41-53-13-9-51(10-14-53)39-55-17-19-59(20-18-55)43-63-45-66-38-50(4)7-35-67(66)69(46-63)72-65(34-33-64-37-49(3)8-36-68(64)72)44-60-23-21-56(22-24-60)40-52-11-15-54(16-12-52)42-58-27-31-62(32-28-58)48-74-71(76)6-2;;/h7-38,45-46H,1-2,39-44,47-48H2,3-4H3,(H,73,75)(H,74,76);;/q-2;;. The molecule has 0 saturated heterocycles. The first-order valence-electron chi connectivity index (χ1n) is 26.2. The van der Waals surface area contributed by atoms with Gasteiger partial charge < -0.3 is 32.4 Å². The molecule has 4 nitrogen and oxygen atoms in total. The Morgan fingerprint density at radius 2 is 0.667 bits per heavy atom. The summed E-state index contributed by atoms with van der Waals surface area (Å²) < 4.78 is 0. The number of fused-ring (bicyclic) bond motifs is 2. The number of nitrogens with one attached hydrogen (secondary N) is 2. The average Bonchev–Trinajstić information content (AvgIpc) is 3.44. The van der Waals surface area contributed by atoms with Gasteiger partial charge in [0.2, 0.25) is 0 Å². The molecule has 0 spiro atoms. The van der Waals surface area contributed by atoms with Gasteiger partial charge in [0, 0.05) is 55.2 Å². The van der Waals surface area contributed by atoms with E-state index in [0.717, 1.165) is 49.7 Å². The van der Waals surface area contributed by atoms with E-state index in [1.165, 1.54) is 111 Å². The van der Waals surface area contributed by atoms with Crippen molar-refractivity contribution in [3.8, 4) is 11.1 Å². The molecule has 0 unspecified atom stereocenters. The molecule has 0 heterocycles. The zero-order chi connectivity index (χ0) is 52.4. The van der Waals surface area contributed by atoms with Crippen molar-refractivity contribution in [2.75, 3.05) is 0 Å². The fourth-order valence-corrected chi connectivity index (χ4v) is 10.4. The maximum absolute atomic E-state index is 11.5. The second kappa shape index (κ2) is 26.7. The molecule has 0 fully saturated rings. The van der Waals surface area contributed by atoms with Crippen LogP contribution < -0.4 is 10.6 Å². The van der Waals surface area contributed by atoms with E-state index in [2.05, 4.69) is 256 Å². The summed E-state index contributed by atoms with van der Waals surface area (Å²) >= 11 is 0. The summed E-state index contributed by atoms with van der Waals surface area (Å²) in [5.41, 5.74) is 22.6. The van der Waals surface area contributed by atoms with Crippen molar-refractivity contribution in [3.63, 3.8) is 0 Å². The predicted octanol–water partition coefficient (Wildman–Crippen LogP) is 15.0. The van der Waals surface area contributed by atoms with E-state index in [1.807, 2.05) is 0 Å². The first kappa shape index (κ1) is 56.7. The van der Waals surface area contributed by atoms with Gasteiger partial charge in [-0.25, -0.2) is 0 Å². The number of hydrogen-bond acceptors (Lipinski definition) is 2. The average molecular weight is 1350 g/mol. The Balaban J connectivity index is 0.00000401. The zero-order valence-electron chi connectivity index (χ0n) is 44.3. The number of amides is 2. The van der Waals surface area contributed by atoms with Gasteiger partial charge in [0.15, 0.2) is 0 Å². The van der Waals surface area contributed by atoms with Crippen molar-refractivity contribution in [3.05, 3.63) is 321 Å². The zero-order valence-corrected chi connectivity index (χ0v) is 50.2. The van der Waals surface area contributed by atoms with Gasteiger partial charge in [-0.05, 0) is 163 Å². The third-order valence-electron chi connectivity index (χ3n) is 14.5. The van der Waals surface area contributed by atoms with Crippen molar-refractivity contribution in [1.29, 1.82) is 0 Å². The van der Waals surface area contributed by atoms with Gasteiger partial charge in [0.25, 0.3) is 0 Å². The molecule has 0 aliphatic rings. The fraction of sp³-hybridized carbons (Fsp3) is 0.139. The summed E-state index contributed by atoms with van der Waals surface area (Å²) in [6, 6.07) is 76.4. The number of aryl methyl sites for hydroxylation is 2. The number of hydrogen-bond donors (Lipinski definition) is 2. The van der Waals surface area contributed by atoms with E-state index >= 15 is 0 Å². The number of benzene rings is 10. The molecule has 0 radical (unpaired) electrons. The van der Waals surface area contributed by atoms with Crippen LogP contribution in [0.4, 0.5) is 0 Å². The second-order valence-corrected chi connectivity index (χ2v) is 20.4. The number of carbonyl (C=O) groups excluding carboxylic acids is 2. The monoisotopic (exact) mass is 1350 g/mol. The van der Waals surface area contributed by atoms with Crippen LogP contribution in [0.15, 0.2) is 219 Å². The van der Waals surface area contributed by atoms with Crippen molar-refractivity contribution >= 4 is 33.4 Å². The van der Waals surface area contributed by atoms with E-state index in [-0.39, 0.29) is 53.9 Å². The van der Waals surface area contributed by atoms with Crippen LogP contribution in [0, 0.1) is 26.0 Å².